The third kappa shape index (κ3) is 4.86. The fraction of sp³-hybridized carbons (Fsp3) is 0. The number of hydrogen-bond acceptors (Lipinski definition) is 3. The Hall–Kier alpha value is -6.68. The lowest BCUT2D eigenvalue weighted by atomic mass is 9.91. The zero-order valence-electron chi connectivity index (χ0n) is 28.7. The number of thiophene rings is 1. The maximum absolute atomic E-state index is 6.44. The Balaban J connectivity index is 1.11. The fourth-order valence-electron chi connectivity index (χ4n) is 8.16. The van der Waals surface area contributed by atoms with E-state index in [0.29, 0.717) is 0 Å². The number of rotatable bonds is 5. The highest BCUT2D eigenvalue weighted by Crippen LogP contribution is 2.47. The van der Waals surface area contributed by atoms with Crippen LogP contribution in [-0.4, -0.2) is 0 Å². The second-order valence-electron chi connectivity index (χ2n) is 13.7. The summed E-state index contributed by atoms with van der Waals surface area (Å²) in [7, 11) is 0. The number of para-hydroxylation sites is 1. The SMILES string of the molecule is c1ccc(-c2cccc3cccc(-c4ccc(N(c5ccc6c(c5)oc5ccccc56)c5cccc6c5sc5cc7ccccc7cc56)cc4)c23)cc1. The van der Waals surface area contributed by atoms with Gasteiger partial charge in [-0.1, -0.05) is 133 Å². The highest BCUT2D eigenvalue weighted by atomic mass is 32.1. The van der Waals surface area contributed by atoms with Crippen molar-refractivity contribution in [2.75, 3.05) is 4.90 Å². The molecule has 0 amide bonds. The molecule has 0 unspecified atom stereocenters. The van der Waals surface area contributed by atoms with Crippen molar-refractivity contribution in [3.8, 4) is 22.3 Å². The van der Waals surface area contributed by atoms with Gasteiger partial charge in [0.2, 0.25) is 0 Å². The quantitative estimate of drug-likeness (QED) is 0.178. The van der Waals surface area contributed by atoms with Gasteiger partial charge in [-0.05, 0) is 92.3 Å². The molecular weight excluding hydrogens is 663 g/mol. The van der Waals surface area contributed by atoms with Crippen molar-refractivity contribution in [1.29, 1.82) is 0 Å². The van der Waals surface area contributed by atoms with Gasteiger partial charge in [0.1, 0.15) is 11.2 Å². The standard InChI is InChI=1S/C50H31NOS/c1-2-11-32(12-3-1)39-18-8-15-34-16-9-19-40(49(34)39)33-23-25-37(26-24-33)51(38-27-28-42-41-17-6-7-22-46(41)52-47(42)31-38)45-21-10-20-43-44-29-35-13-4-5-14-36(35)30-48(44)53-50(43)45/h1-31H. The summed E-state index contributed by atoms with van der Waals surface area (Å²) in [5.41, 5.74) is 9.94. The molecule has 53 heavy (non-hydrogen) atoms. The Morgan fingerprint density at radius 2 is 1.02 bits per heavy atom. The minimum absolute atomic E-state index is 0.879. The van der Waals surface area contributed by atoms with E-state index >= 15 is 0 Å². The first-order valence-electron chi connectivity index (χ1n) is 18.0. The third-order valence-corrected chi connectivity index (χ3v) is 11.8. The van der Waals surface area contributed by atoms with Gasteiger partial charge in [-0.3, -0.25) is 0 Å². The normalized spacial score (nSPS) is 11.8. The Kier molecular flexibility index (Phi) is 6.76. The van der Waals surface area contributed by atoms with Crippen molar-refractivity contribution in [3.05, 3.63) is 188 Å². The molecule has 2 heterocycles. The van der Waals surface area contributed by atoms with Gasteiger partial charge in [0.05, 0.1) is 10.4 Å². The average molecular weight is 694 g/mol. The van der Waals surface area contributed by atoms with Crippen LogP contribution in [-0.2, 0) is 0 Å². The number of hydrogen-bond donors (Lipinski definition) is 0. The van der Waals surface area contributed by atoms with Crippen LogP contribution in [0.1, 0.15) is 0 Å². The number of fused-ring (bicyclic) bond motifs is 8. The van der Waals surface area contributed by atoms with E-state index in [4.69, 9.17) is 4.42 Å². The first-order valence-corrected chi connectivity index (χ1v) is 18.8. The molecular formula is C50H31NOS. The van der Waals surface area contributed by atoms with E-state index in [1.165, 1.54) is 64.0 Å². The molecule has 0 N–H and O–H groups in total. The summed E-state index contributed by atoms with van der Waals surface area (Å²) < 4.78 is 8.98. The van der Waals surface area contributed by atoms with E-state index in [9.17, 15) is 0 Å². The van der Waals surface area contributed by atoms with Crippen LogP contribution in [0, 0.1) is 0 Å². The van der Waals surface area contributed by atoms with Gasteiger partial charge < -0.3 is 9.32 Å². The number of anilines is 3. The van der Waals surface area contributed by atoms with Crippen molar-refractivity contribution in [3.63, 3.8) is 0 Å². The number of nitrogens with zero attached hydrogens (tertiary/aromatic N) is 1. The molecule has 3 heteroatoms. The molecule has 0 aliphatic heterocycles. The second kappa shape index (κ2) is 11.9. The molecule has 11 rings (SSSR count). The van der Waals surface area contributed by atoms with Crippen molar-refractivity contribution < 1.29 is 4.42 Å². The van der Waals surface area contributed by atoms with Crippen molar-refractivity contribution in [2.24, 2.45) is 0 Å². The number of furan rings is 1. The van der Waals surface area contributed by atoms with Gasteiger partial charge in [0, 0.05) is 43.7 Å². The van der Waals surface area contributed by atoms with Gasteiger partial charge in [0.15, 0.2) is 0 Å². The summed E-state index contributed by atoms with van der Waals surface area (Å²) in [4.78, 5) is 2.40. The zero-order chi connectivity index (χ0) is 34.9. The van der Waals surface area contributed by atoms with E-state index in [2.05, 4.69) is 181 Å². The maximum atomic E-state index is 6.44. The molecule has 0 saturated carbocycles. The largest absolute Gasteiger partial charge is 0.456 e. The fourth-order valence-corrected chi connectivity index (χ4v) is 9.39. The highest BCUT2D eigenvalue weighted by Gasteiger charge is 2.20. The molecule has 2 aromatic heterocycles. The molecule has 0 radical (unpaired) electrons. The Bertz CT molecular complexity index is 3170. The van der Waals surface area contributed by atoms with Gasteiger partial charge in [-0.25, -0.2) is 0 Å². The minimum Gasteiger partial charge on any atom is -0.456 e. The van der Waals surface area contributed by atoms with E-state index in [1.807, 2.05) is 23.5 Å². The molecule has 0 fully saturated rings. The lowest BCUT2D eigenvalue weighted by molar-refractivity contribution is 0.669. The molecule has 11 aromatic rings. The van der Waals surface area contributed by atoms with E-state index in [1.54, 1.807) is 0 Å². The maximum Gasteiger partial charge on any atom is 0.137 e. The van der Waals surface area contributed by atoms with Crippen LogP contribution in [0.3, 0.4) is 0 Å². The molecule has 0 aliphatic carbocycles. The molecule has 0 atom stereocenters. The van der Waals surface area contributed by atoms with Gasteiger partial charge in [-0.2, -0.15) is 0 Å². The highest BCUT2D eigenvalue weighted by molar-refractivity contribution is 7.26. The second-order valence-corrected chi connectivity index (χ2v) is 14.7. The van der Waals surface area contributed by atoms with Crippen molar-refractivity contribution in [1.82, 2.24) is 0 Å². The van der Waals surface area contributed by atoms with Crippen LogP contribution < -0.4 is 4.90 Å². The first-order chi connectivity index (χ1) is 26.3. The molecule has 248 valence electrons. The minimum atomic E-state index is 0.879. The monoisotopic (exact) mass is 693 g/mol. The van der Waals surface area contributed by atoms with Gasteiger partial charge in [-0.15, -0.1) is 11.3 Å². The molecule has 0 saturated heterocycles. The van der Waals surface area contributed by atoms with E-state index < -0.39 is 0 Å². The first kappa shape index (κ1) is 30.0. The smallest absolute Gasteiger partial charge is 0.137 e. The predicted molar refractivity (Wildman–Crippen MR) is 227 cm³/mol. The lowest BCUT2D eigenvalue weighted by Gasteiger charge is -2.26. The van der Waals surface area contributed by atoms with Crippen molar-refractivity contribution >= 4 is 92.1 Å². The Morgan fingerprint density at radius 1 is 0.396 bits per heavy atom. The molecule has 9 aromatic carbocycles. The van der Waals surface area contributed by atoms with E-state index in [-0.39, 0.29) is 0 Å². The van der Waals surface area contributed by atoms with Crippen LogP contribution in [0.5, 0.6) is 0 Å². The average Bonchev–Trinajstić information content (AvgIpc) is 3.78. The van der Waals surface area contributed by atoms with Gasteiger partial charge in [0.25, 0.3) is 0 Å². The summed E-state index contributed by atoms with van der Waals surface area (Å²) in [6.45, 7) is 0. The van der Waals surface area contributed by atoms with Crippen molar-refractivity contribution in [2.45, 2.75) is 0 Å². The third-order valence-electron chi connectivity index (χ3n) is 10.6. The Labute approximate surface area is 310 Å². The summed E-state index contributed by atoms with van der Waals surface area (Å²) in [5, 5.41) is 9.84. The zero-order valence-corrected chi connectivity index (χ0v) is 29.5. The summed E-state index contributed by atoms with van der Waals surface area (Å²) in [6, 6.07) is 68.0. The van der Waals surface area contributed by atoms with Crippen LogP contribution in [0.25, 0.3) is 85.9 Å². The molecule has 0 aliphatic rings. The molecule has 0 spiro atoms. The number of benzene rings is 9. The van der Waals surface area contributed by atoms with Gasteiger partial charge >= 0.3 is 0 Å². The Morgan fingerprint density at radius 3 is 1.83 bits per heavy atom. The molecule has 2 nitrogen and oxygen atoms in total. The molecule has 0 bridgehead atoms. The van der Waals surface area contributed by atoms with E-state index in [0.717, 1.165) is 39.0 Å². The van der Waals surface area contributed by atoms with Crippen LogP contribution in [0.15, 0.2) is 192 Å². The van der Waals surface area contributed by atoms with Crippen LogP contribution >= 0.6 is 11.3 Å². The lowest BCUT2D eigenvalue weighted by Crippen LogP contribution is -2.10. The van der Waals surface area contributed by atoms with Crippen LogP contribution in [0.4, 0.5) is 17.1 Å². The topological polar surface area (TPSA) is 16.4 Å². The van der Waals surface area contributed by atoms with Crippen LogP contribution in [0.2, 0.25) is 0 Å². The summed E-state index contributed by atoms with van der Waals surface area (Å²) >= 11 is 1.86. The summed E-state index contributed by atoms with van der Waals surface area (Å²) in [5.74, 6) is 0. The summed E-state index contributed by atoms with van der Waals surface area (Å²) in [6.07, 6.45) is 0. The predicted octanol–water partition coefficient (Wildman–Crippen LogP) is 15.1.